The van der Waals surface area contributed by atoms with Gasteiger partial charge in [-0.25, -0.2) is 15.0 Å². The lowest BCUT2D eigenvalue weighted by Crippen LogP contribution is -2.17. The van der Waals surface area contributed by atoms with Crippen LogP contribution in [-0.2, 0) is 17.6 Å². The molecule has 0 unspecified atom stereocenters. The third-order valence-corrected chi connectivity index (χ3v) is 5.37. The van der Waals surface area contributed by atoms with E-state index in [4.69, 9.17) is 0 Å². The van der Waals surface area contributed by atoms with Crippen molar-refractivity contribution in [2.45, 2.75) is 19.8 Å². The van der Waals surface area contributed by atoms with Gasteiger partial charge in [-0.15, -0.1) is 11.3 Å². The van der Waals surface area contributed by atoms with Crippen molar-refractivity contribution >= 4 is 40.5 Å². The van der Waals surface area contributed by atoms with Crippen LogP contribution in [0.25, 0.3) is 10.6 Å². The van der Waals surface area contributed by atoms with E-state index in [1.54, 1.807) is 7.05 Å². The van der Waals surface area contributed by atoms with Crippen LogP contribution >= 0.6 is 11.3 Å². The number of aromatic nitrogens is 3. The third-order valence-electron chi connectivity index (χ3n) is 4.27. The Hall–Kier alpha value is -3.33. The molecule has 142 valence electrons. The molecule has 8 nitrogen and oxygen atoms in total. The van der Waals surface area contributed by atoms with E-state index >= 15 is 0 Å². The molecule has 1 aromatic carbocycles. The summed E-state index contributed by atoms with van der Waals surface area (Å²) in [4.78, 5) is 37.6. The number of fused-ring (bicyclic) bond motifs is 3. The number of benzene rings is 1. The fourth-order valence-corrected chi connectivity index (χ4v) is 4.10. The fourth-order valence-electron chi connectivity index (χ4n) is 3.02. The predicted octanol–water partition coefficient (Wildman–Crippen LogP) is 2.76. The Morgan fingerprint density at radius 2 is 1.96 bits per heavy atom. The first-order valence-electron chi connectivity index (χ1n) is 8.76. The van der Waals surface area contributed by atoms with Crippen molar-refractivity contribution in [1.82, 2.24) is 20.3 Å². The first kappa shape index (κ1) is 18.1. The number of nitrogens with one attached hydrogen (secondary N) is 3. The highest BCUT2D eigenvalue weighted by Gasteiger charge is 2.25. The molecule has 9 heteroatoms. The monoisotopic (exact) mass is 394 g/mol. The third kappa shape index (κ3) is 3.56. The molecule has 0 atom stereocenters. The van der Waals surface area contributed by atoms with Gasteiger partial charge in [-0.05, 0) is 36.6 Å². The molecule has 0 saturated heterocycles. The number of amides is 2. The average Bonchev–Trinajstić information content (AvgIpc) is 3.12. The summed E-state index contributed by atoms with van der Waals surface area (Å²) in [6, 6.07) is 7.33. The fraction of sp³-hybridized carbons (Fsp3) is 0.211. The predicted molar refractivity (Wildman–Crippen MR) is 108 cm³/mol. The van der Waals surface area contributed by atoms with E-state index in [2.05, 4.69) is 30.9 Å². The van der Waals surface area contributed by atoms with Gasteiger partial charge >= 0.3 is 0 Å². The maximum atomic E-state index is 11.9. The van der Waals surface area contributed by atoms with Gasteiger partial charge in [0.25, 0.3) is 5.91 Å². The summed E-state index contributed by atoms with van der Waals surface area (Å²) in [5, 5.41) is 8.97. The van der Waals surface area contributed by atoms with E-state index in [1.807, 2.05) is 30.5 Å². The highest BCUT2D eigenvalue weighted by atomic mass is 32.1. The zero-order valence-electron chi connectivity index (χ0n) is 15.4. The summed E-state index contributed by atoms with van der Waals surface area (Å²) < 4.78 is 0. The first-order chi connectivity index (χ1) is 13.5. The van der Waals surface area contributed by atoms with Crippen molar-refractivity contribution in [1.29, 1.82) is 0 Å². The minimum atomic E-state index is -0.192. The van der Waals surface area contributed by atoms with Crippen molar-refractivity contribution in [3.05, 3.63) is 46.7 Å². The summed E-state index contributed by atoms with van der Waals surface area (Å²) in [5.74, 6) is 0.122. The van der Waals surface area contributed by atoms with Crippen LogP contribution in [-0.4, -0.2) is 33.8 Å². The van der Waals surface area contributed by atoms with E-state index in [-0.39, 0.29) is 11.8 Å². The van der Waals surface area contributed by atoms with Crippen LogP contribution in [0.5, 0.6) is 0 Å². The molecule has 1 aliphatic rings. The van der Waals surface area contributed by atoms with E-state index < -0.39 is 0 Å². The van der Waals surface area contributed by atoms with Gasteiger partial charge in [0.2, 0.25) is 11.9 Å². The van der Waals surface area contributed by atoms with Crippen LogP contribution < -0.4 is 16.0 Å². The number of nitrogens with zero attached hydrogens (tertiary/aromatic N) is 3. The number of hydrogen-bond acceptors (Lipinski definition) is 7. The Bertz CT molecular complexity index is 1080. The van der Waals surface area contributed by atoms with Gasteiger partial charge < -0.3 is 16.0 Å². The van der Waals surface area contributed by atoms with E-state index in [0.717, 1.165) is 40.4 Å². The highest BCUT2D eigenvalue weighted by molar-refractivity contribution is 7.17. The molecular weight excluding hydrogens is 376 g/mol. The van der Waals surface area contributed by atoms with Gasteiger partial charge in [-0.3, -0.25) is 9.59 Å². The SMILES string of the molecule is CNC(=O)c1nc2c(s1)-c1nc(Nc3cccc(NC(C)=O)c3)ncc1CC2. The number of hydrogen-bond donors (Lipinski definition) is 3. The minimum Gasteiger partial charge on any atom is -0.353 e. The van der Waals surface area contributed by atoms with Gasteiger partial charge in [-0.1, -0.05) is 6.07 Å². The Kier molecular flexibility index (Phi) is 4.74. The number of rotatable bonds is 4. The van der Waals surface area contributed by atoms with E-state index in [9.17, 15) is 9.59 Å². The zero-order chi connectivity index (χ0) is 19.7. The lowest BCUT2D eigenvalue weighted by molar-refractivity contribution is -0.114. The average molecular weight is 394 g/mol. The summed E-state index contributed by atoms with van der Waals surface area (Å²) in [5.41, 5.74) is 4.20. The zero-order valence-corrected chi connectivity index (χ0v) is 16.2. The number of anilines is 3. The molecule has 3 N–H and O–H groups in total. The molecule has 0 radical (unpaired) electrons. The Morgan fingerprint density at radius 1 is 1.14 bits per heavy atom. The lowest BCUT2D eigenvalue weighted by Gasteiger charge is -2.15. The van der Waals surface area contributed by atoms with E-state index in [0.29, 0.717) is 16.6 Å². The van der Waals surface area contributed by atoms with Crippen LogP contribution in [0.1, 0.15) is 28.0 Å². The quantitative estimate of drug-likeness (QED) is 0.628. The van der Waals surface area contributed by atoms with Crippen molar-refractivity contribution in [2.75, 3.05) is 17.7 Å². The van der Waals surface area contributed by atoms with Crippen molar-refractivity contribution < 1.29 is 9.59 Å². The van der Waals surface area contributed by atoms with Gasteiger partial charge in [0.15, 0.2) is 5.01 Å². The molecule has 28 heavy (non-hydrogen) atoms. The molecule has 0 bridgehead atoms. The molecule has 0 aliphatic heterocycles. The van der Waals surface area contributed by atoms with Gasteiger partial charge in [0.05, 0.1) is 16.3 Å². The normalized spacial score (nSPS) is 11.9. The molecule has 2 heterocycles. The van der Waals surface area contributed by atoms with Crippen molar-refractivity contribution in [3.8, 4) is 10.6 Å². The van der Waals surface area contributed by atoms with Gasteiger partial charge in [0, 0.05) is 31.5 Å². The number of carbonyl (C=O) groups excluding carboxylic acids is 2. The second kappa shape index (κ2) is 7.35. The molecule has 0 spiro atoms. The molecule has 2 amide bonds. The Balaban J connectivity index is 1.64. The number of carbonyl (C=O) groups is 2. The molecule has 3 aromatic rings. The van der Waals surface area contributed by atoms with E-state index in [1.165, 1.54) is 18.3 Å². The Labute approximate surface area is 165 Å². The van der Waals surface area contributed by atoms with Crippen LogP contribution in [0.2, 0.25) is 0 Å². The number of thiazole rings is 1. The summed E-state index contributed by atoms with van der Waals surface area (Å²) in [6.07, 6.45) is 3.37. The first-order valence-corrected chi connectivity index (χ1v) is 9.58. The second-order valence-corrected chi connectivity index (χ2v) is 7.33. The van der Waals surface area contributed by atoms with Crippen LogP contribution in [0.4, 0.5) is 17.3 Å². The molecule has 0 fully saturated rings. The van der Waals surface area contributed by atoms with Gasteiger partial charge in [0.1, 0.15) is 0 Å². The summed E-state index contributed by atoms with van der Waals surface area (Å²) in [6.45, 7) is 1.46. The molecule has 4 rings (SSSR count). The summed E-state index contributed by atoms with van der Waals surface area (Å²) in [7, 11) is 1.59. The largest absolute Gasteiger partial charge is 0.353 e. The maximum Gasteiger partial charge on any atom is 0.280 e. The molecular formula is C19H18N6O2S. The molecule has 2 aromatic heterocycles. The van der Waals surface area contributed by atoms with Gasteiger partial charge in [-0.2, -0.15) is 0 Å². The molecule has 1 aliphatic carbocycles. The smallest absolute Gasteiger partial charge is 0.280 e. The van der Waals surface area contributed by atoms with Crippen molar-refractivity contribution in [3.63, 3.8) is 0 Å². The standard InChI is InChI=1S/C19H18N6O2S/c1-10(26)22-12-4-3-5-13(8-12)23-19-21-9-11-6-7-14-16(15(11)25-19)28-18(24-14)17(27)20-2/h3-5,8-9H,6-7H2,1-2H3,(H,20,27)(H,22,26)(H,21,23,25). The lowest BCUT2D eigenvalue weighted by atomic mass is 10.00. The second-order valence-electron chi connectivity index (χ2n) is 6.33. The number of aryl methyl sites for hydroxylation is 2. The van der Waals surface area contributed by atoms with Crippen LogP contribution in [0, 0.1) is 0 Å². The van der Waals surface area contributed by atoms with Crippen molar-refractivity contribution in [2.24, 2.45) is 0 Å². The maximum absolute atomic E-state index is 11.9. The summed E-state index contributed by atoms with van der Waals surface area (Å²) >= 11 is 1.35. The van der Waals surface area contributed by atoms with Crippen LogP contribution in [0.15, 0.2) is 30.5 Å². The Morgan fingerprint density at radius 3 is 2.75 bits per heavy atom. The topological polar surface area (TPSA) is 109 Å². The minimum absolute atomic E-state index is 0.133. The molecule has 0 saturated carbocycles. The van der Waals surface area contributed by atoms with Crippen LogP contribution in [0.3, 0.4) is 0 Å². The highest BCUT2D eigenvalue weighted by Crippen LogP contribution is 2.37.